The Morgan fingerprint density at radius 3 is 1.43 bits per heavy atom. The molecule has 0 spiro atoms. The van der Waals surface area contributed by atoms with Gasteiger partial charge in [-0.25, -0.2) is 0 Å². The SMILES string of the molecule is [O-]C([O-])=S.[O]=[U+2]=[O]. The molecule has 0 amide bonds. The second kappa shape index (κ2) is 9.60. The van der Waals surface area contributed by atoms with E-state index in [4.69, 9.17) is 14.7 Å². The van der Waals surface area contributed by atoms with Gasteiger partial charge in [0, 0.05) is 0 Å². The van der Waals surface area contributed by atoms with Crippen molar-refractivity contribution in [3.63, 3.8) is 0 Å². The summed E-state index contributed by atoms with van der Waals surface area (Å²) in [5.74, 6) is 0. The zero-order valence-electron chi connectivity index (χ0n) is 3.04. The molecule has 0 bridgehead atoms. The molecular formula is CO4SU. The Morgan fingerprint density at radius 2 is 1.43 bits per heavy atom. The summed E-state index contributed by atoms with van der Waals surface area (Å²) in [6.07, 6.45) is 0. The Bertz CT molecular complexity index is 79.7. The first-order valence-corrected chi connectivity index (χ1v) is 4.83. The van der Waals surface area contributed by atoms with Gasteiger partial charge in [-0.2, -0.15) is 0 Å². The van der Waals surface area contributed by atoms with Crippen LogP contribution in [-0.4, -0.2) is 5.24 Å². The molecule has 0 saturated heterocycles. The van der Waals surface area contributed by atoms with E-state index >= 15 is 0 Å². The van der Waals surface area contributed by atoms with Gasteiger partial charge in [-0.1, -0.05) is 0 Å². The average molecular weight is 346 g/mol. The van der Waals surface area contributed by atoms with Gasteiger partial charge in [0.1, 0.15) is 0 Å². The first-order valence-electron chi connectivity index (χ1n) is 1.02. The summed E-state index contributed by atoms with van der Waals surface area (Å²) >= 11 is 0.921. The van der Waals surface area contributed by atoms with E-state index in [-0.39, 0.29) is 0 Å². The molecule has 0 aliphatic heterocycles. The van der Waals surface area contributed by atoms with E-state index in [9.17, 15) is 0 Å². The van der Waals surface area contributed by atoms with Crippen LogP contribution in [0.4, 0.5) is 0 Å². The topological polar surface area (TPSA) is 80.3 Å². The van der Waals surface area contributed by atoms with E-state index < -0.39 is 33.1 Å². The van der Waals surface area contributed by atoms with Gasteiger partial charge in [0.15, 0.2) is 0 Å². The van der Waals surface area contributed by atoms with Crippen LogP contribution in [-0.2, 0) is 4.47 Å². The first-order chi connectivity index (χ1) is 3.15. The monoisotopic (exact) mass is 346 g/mol. The summed E-state index contributed by atoms with van der Waals surface area (Å²) in [6.45, 7) is 0. The maximum atomic E-state index is 8.70. The van der Waals surface area contributed by atoms with E-state index in [1.165, 1.54) is 0 Å². The molecule has 0 aromatic heterocycles. The molecule has 0 aliphatic rings. The zero-order chi connectivity index (χ0) is 6.28. The predicted molar refractivity (Wildman–Crippen MR) is 14.0 cm³/mol. The third-order valence-corrected chi connectivity index (χ3v) is 0. The van der Waals surface area contributed by atoms with Crippen LogP contribution >= 0.6 is 12.2 Å². The summed E-state index contributed by atoms with van der Waals surface area (Å²) in [5.41, 5.74) is 0. The molecule has 38 valence electrons. The Labute approximate surface area is 59.8 Å². The van der Waals surface area contributed by atoms with Crippen LogP contribution in [0.2, 0.25) is 0 Å². The Kier molecular flexibility index (Phi) is 14.2. The Hall–Kier alpha value is 0.342. The molecule has 0 N–H and O–H groups in total. The zero-order valence-corrected chi connectivity index (χ0v) is 8.02. The van der Waals surface area contributed by atoms with Crippen LogP contribution in [0.15, 0.2) is 0 Å². The molecule has 0 fully saturated rings. The van der Waals surface area contributed by atoms with Gasteiger partial charge in [-0.3, -0.25) is 0 Å². The van der Waals surface area contributed by atoms with E-state index in [1.807, 2.05) is 0 Å². The third kappa shape index (κ3) is 1020. The fourth-order valence-electron chi connectivity index (χ4n) is 0. The van der Waals surface area contributed by atoms with Crippen LogP contribution in [0.1, 0.15) is 0 Å². The molecular weight excluding hydrogens is 346 g/mol. The van der Waals surface area contributed by atoms with Gasteiger partial charge < -0.3 is 10.2 Å². The minimum absolute atomic E-state index is 1.50. The third-order valence-electron chi connectivity index (χ3n) is 0. The van der Waals surface area contributed by atoms with Gasteiger partial charge >= 0.3 is 32.3 Å². The minimum atomic E-state index is -2.51. The molecule has 0 saturated carbocycles. The average Bonchev–Trinajstić information content (AvgIpc) is 1.33. The summed E-state index contributed by atoms with van der Waals surface area (Å²) < 4.78 is 17.2. The van der Waals surface area contributed by atoms with Gasteiger partial charge in [-0.05, 0) is 0 Å². The van der Waals surface area contributed by atoms with Crippen molar-refractivity contribution in [1.29, 1.82) is 0 Å². The van der Waals surface area contributed by atoms with Gasteiger partial charge in [0.05, 0.1) is 0 Å². The van der Waals surface area contributed by atoms with Crippen molar-refractivity contribution in [2.45, 2.75) is 0 Å². The van der Waals surface area contributed by atoms with E-state index in [0.717, 1.165) is 0 Å². The summed E-state index contributed by atoms with van der Waals surface area (Å²) in [6, 6.07) is 0. The van der Waals surface area contributed by atoms with Crippen molar-refractivity contribution in [3.8, 4) is 0 Å². The number of hydrogen-bond acceptors (Lipinski definition) is 5. The molecule has 0 heterocycles. The fourth-order valence-corrected chi connectivity index (χ4v) is 0. The van der Waals surface area contributed by atoms with Gasteiger partial charge in [-0.15, -0.1) is 17.5 Å². The van der Waals surface area contributed by atoms with Crippen LogP contribution in [0.3, 0.4) is 0 Å². The molecule has 0 rings (SSSR count). The van der Waals surface area contributed by atoms with Crippen molar-refractivity contribution in [1.82, 2.24) is 0 Å². The van der Waals surface area contributed by atoms with E-state index in [1.54, 1.807) is 0 Å². The van der Waals surface area contributed by atoms with Crippen molar-refractivity contribution in [2.24, 2.45) is 0 Å². The second-order valence-electron chi connectivity index (χ2n) is 0.333. The van der Waals surface area contributed by atoms with E-state index in [2.05, 4.69) is 12.2 Å². The van der Waals surface area contributed by atoms with Crippen molar-refractivity contribution < 1.29 is 42.5 Å². The van der Waals surface area contributed by atoms with Gasteiger partial charge in [0.25, 0.3) is 0 Å². The van der Waals surface area contributed by atoms with Gasteiger partial charge in [0.2, 0.25) is 0 Å². The predicted octanol–water partition coefficient (Wildman–Crippen LogP) is -2.25. The molecule has 0 radical (unpaired) electrons. The van der Waals surface area contributed by atoms with Crippen LogP contribution in [0, 0.1) is 27.8 Å². The molecule has 6 heteroatoms. The van der Waals surface area contributed by atoms with Crippen molar-refractivity contribution >= 4 is 17.5 Å². The number of thiocarbonyl (C=S) groups is 1. The number of hydrogen-bond donors (Lipinski definition) is 0. The summed E-state index contributed by atoms with van der Waals surface area (Å²) in [7, 11) is 0. The summed E-state index contributed by atoms with van der Waals surface area (Å²) in [5, 5.41) is 15.9. The Morgan fingerprint density at radius 1 is 1.43 bits per heavy atom. The van der Waals surface area contributed by atoms with Crippen molar-refractivity contribution in [3.05, 3.63) is 0 Å². The van der Waals surface area contributed by atoms with Crippen LogP contribution in [0.5, 0.6) is 0 Å². The van der Waals surface area contributed by atoms with Crippen LogP contribution < -0.4 is 10.2 Å². The summed E-state index contributed by atoms with van der Waals surface area (Å²) in [4.78, 5) is 0. The molecule has 0 aromatic carbocycles. The standard InChI is InChI=1S/CH2O2S.2O.U/c2-1(3)4;;;/h(H2,2,3,4);;;/q;;;+2/p-2. The fraction of sp³-hybridized carbons (Fsp3) is 0. The van der Waals surface area contributed by atoms with Crippen molar-refractivity contribution in [2.75, 3.05) is 0 Å². The van der Waals surface area contributed by atoms with E-state index in [0.29, 0.717) is 0 Å². The molecule has 7 heavy (non-hydrogen) atoms. The Balaban J connectivity index is 0. The van der Waals surface area contributed by atoms with Crippen LogP contribution in [0.25, 0.3) is 0 Å². The molecule has 0 aromatic rings. The molecule has 4 nitrogen and oxygen atoms in total. The molecule has 0 atom stereocenters. The normalized spacial score (nSPS) is 4.57. The maximum absolute atomic E-state index is 8.70. The first kappa shape index (κ1) is 10.3. The second-order valence-corrected chi connectivity index (χ2v) is 1.36. The molecule has 0 unspecified atom stereocenters. The number of rotatable bonds is 0. The molecule has 0 aliphatic carbocycles. The quantitative estimate of drug-likeness (QED) is 0.463.